The van der Waals surface area contributed by atoms with Crippen molar-refractivity contribution in [2.24, 2.45) is 0 Å². The van der Waals surface area contributed by atoms with Gasteiger partial charge in [0.2, 0.25) is 5.28 Å². The number of hydrogen-bond donors (Lipinski definition) is 1. The number of aromatic nitrogens is 4. The van der Waals surface area contributed by atoms with Gasteiger partial charge in [0.05, 0.1) is 21.4 Å². The van der Waals surface area contributed by atoms with Crippen LogP contribution in [0.4, 0.5) is 4.39 Å². The van der Waals surface area contributed by atoms with Crippen LogP contribution in [0.2, 0.25) is 5.28 Å². The Morgan fingerprint density at radius 3 is 2.90 bits per heavy atom. The van der Waals surface area contributed by atoms with Gasteiger partial charge in [-0.2, -0.15) is 5.10 Å². The normalized spacial score (nSPS) is 14.0. The Morgan fingerprint density at radius 2 is 2.17 bits per heavy atom. The molecular weight excluding hydrogens is 577 g/mol. The Balaban J connectivity index is 2.10. The van der Waals surface area contributed by atoms with Crippen molar-refractivity contribution in [1.82, 2.24) is 30.0 Å². The molecular formula is C18H16BrClFIN6O. The number of fused-ring (bicyclic) bond motifs is 2. The zero-order valence-electron chi connectivity index (χ0n) is 15.6. The van der Waals surface area contributed by atoms with Crippen molar-refractivity contribution < 1.29 is 9.18 Å². The fourth-order valence-electron chi connectivity index (χ4n) is 3.37. The highest BCUT2D eigenvalue weighted by Crippen LogP contribution is 2.37. The molecule has 0 unspecified atom stereocenters. The van der Waals surface area contributed by atoms with Crippen LogP contribution >= 0.6 is 50.1 Å². The molecule has 152 valence electrons. The molecule has 0 bridgehead atoms. The summed E-state index contributed by atoms with van der Waals surface area (Å²) in [5.41, 5.74) is 2.15. The van der Waals surface area contributed by atoms with Crippen molar-refractivity contribution in [3.8, 4) is 11.3 Å². The van der Waals surface area contributed by atoms with E-state index >= 15 is 0 Å². The van der Waals surface area contributed by atoms with E-state index < -0.39 is 5.82 Å². The molecule has 0 fully saturated rings. The maximum Gasteiger partial charge on any atom is 0.274 e. The lowest BCUT2D eigenvalue weighted by Crippen LogP contribution is -2.23. The van der Waals surface area contributed by atoms with E-state index in [1.165, 1.54) is 4.90 Å². The van der Waals surface area contributed by atoms with Crippen LogP contribution in [0.15, 0.2) is 10.5 Å². The minimum Gasteiger partial charge on any atom is -0.343 e. The summed E-state index contributed by atoms with van der Waals surface area (Å²) in [5.74, 6) is -0.773. The van der Waals surface area contributed by atoms with Gasteiger partial charge in [0.1, 0.15) is 5.52 Å². The summed E-state index contributed by atoms with van der Waals surface area (Å²) in [6.07, 6.45) is 0.883. The first kappa shape index (κ1) is 20.9. The van der Waals surface area contributed by atoms with E-state index in [1.807, 2.05) is 27.3 Å². The molecule has 1 amide bonds. The van der Waals surface area contributed by atoms with E-state index in [1.54, 1.807) is 20.2 Å². The summed E-state index contributed by atoms with van der Waals surface area (Å²) < 4.78 is 17.7. The molecule has 4 rings (SSSR count). The number of aryl methyl sites for hydroxylation is 1. The second kappa shape index (κ2) is 8.05. The number of benzene rings is 1. The van der Waals surface area contributed by atoms with Gasteiger partial charge in [0, 0.05) is 36.1 Å². The van der Waals surface area contributed by atoms with E-state index in [-0.39, 0.29) is 22.4 Å². The predicted molar refractivity (Wildman–Crippen MR) is 120 cm³/mol. The van der Waals surface area contributed by atoms with E-state index in [2.05, 4.69) is 36.3 Å². The van der Waals surface area contributed by atoms with E-state index in [0.29, 0.717) is 37.8 Å². The molecule has 1 N–H and O–H groups in total. The summed E-state index contributed by atoms with van der Waals surface area (Å²) >= 11 is 11.5. The maximum absolute atomic E-state index is 14.9. The summed E-state index contributed by atoms with van der Waals surface area (Å²) in [5, 5.41) is 8.31. The number of nitrogens with zero attached hydrogens (tertiary/aromatic N) is 5. The van der Waals surface area contributed by atoms with Crippen molar-refractivity contribution in [1.29, 1.82) is 0 Å². The highest BCUT2D eigenvalue weighted by molar-refractivity contribution is 14.1. The molecule has 0 radical (unpaired) electrons. The van der Waals surface area contributed by atoms with Gasteiger partial charge >= 0.3 is 0 Å². The number of carbonyl (C=O) groups excluding carboxylic acids is 1. The highest BCUT2D eigenvalue weighted by Gasteiger charge is 2.29. The predicted octanol–water partition coefficient (Wildman–Crippen LogP) is 3.85. The van der Waals surface area contributed by atoms with Gasteiger partial charge in [-0.3, -0.25) is 9.48 Å². The van der Waals surface area contributed by atoms with Crippen molar-refractivity contribution in [2.75, 3.05) is 20.6 Å². The van der Waals surface area contributed by atoms with E-state index in [9.17, 15) is 9.18 Å². The zero-order valence-corrected chi connectivity index (χ0v) is 20.1. The molecule has 29 heavy (non-hydrogen) atoms. The Hall–Kier alpha value is -1.37. The van der Waals surface area contributed by atoms with Crippen LogP contribution in [0.3, 0.4) is 0 Å². The van der Waals surface area contributed by atoms with Crippen molar-refractivity contribution in [3.05, 3.63) is 36.6 Å². The third-order valence-corrected chi connectivity index (χ3v) is 7.26. The van der Waals surface area contributed by atoms with E-state index in [4.69, 9.17) is 11.6 Å². The van der Waals surface area contributed by atoms with Crippen LogP contribution in [0, 0.1) is 9.39 Å². The topological polar surface area (TPSA) is 75.9 Å². The molecule has 0 saturated heterocycles. The summed E-state index contributed by atoms with van der Waals surface area (Å²) in [4.78, 5) is 22.9. The minimum atomic E-state index is -0.519. The SMILES string of the molecule is CN(C)C(=O)c1nn2c(c1-c1nc(Cl)nc3c(F)c(Br)c(I)cc13)CNCCC2. The maximum atomic E-state index is 14.9. The molecule has 2 aromatic heterocycles. The molecule has 0 aliphatic carbocycles. The molecule has 0 spiro atoms. The van der Waals surface area contributed by atoms with Crippen LogP contribution < -0.4 is 5.32 Å². The Kier molecular flexibility index (Phi) is 5.79. The standard InChI is InChI=1S/C18H16BrClFIN6O/c1-27(2)17(29)16-11(10-7-23-4-3-5-28(10)26-16)14-8-6-9(22)12(19)13(21)15(8)25-18(20)24-14/h6,23H,3-5,7H2,1-2H3. The molecule has 0 saturated carbocycles. The monoisotopic (exact) mass is 592 g/mol. The first-order chi connectivity index (χ1) is 13.8. The van der Waals surface area contributed by atoms with Gasteiger partial charge in [0.15, 0.2) is 11.5 Å². The number of hydrogen-bond acceptors (Lipinski definition) is 5. The summed E-state index contributed by atoms with van der Waals surface area (Å²) in [6.45, 7) is 2.02. The van der Waals surface area contributed by atoms with Crippen LogP contribution in [0.5, 0.6) is 0 Å². The van der Waals surface area contributed by atoms with Crippen LogP contribution in [0.25, 0.3) is 22.2 Å². The molecule has 11 heteroatoms. The van der Waals surface area contributed by atoms with Crippen LogP contribution in [-0.4, -0.2) is 51.2 Å². The molecule has 7 nitrogen and oxygen atoms in total. The zero-order chi connectivity index (χ0) is 20.9. The molecule has 1 aromatic carbocycles. The fraction of sp³-hybridized carbons (Fsp3) is 0.333. The van der Waals surface area contributed by atoms with Crippen molar-refractivity contribution in [3.63, 3.8) is 0 Å². The molecule has 1 aliphatic heterocycles. The average molecular weight is 594 g/mol. The van der Waals surface area contributed by atoms with Crippen molar-refractivity contribution >= 4 is 66.9 Å². The molecule has 1 aliphatic rings. The quantitative estimate of drug-likeness (QED) is 0.278. The number of amides is 1. The first-order valence-corrected chi connectivity index (χ1v) is 11.1. The second-order valence-electron chi connectivity index (χ2n) is 6.85. The van der Waals surface area contributed by atoms with Gasteiger partial charge in [-0.05, 0) is 69.2 Å². The highest BCUT2D eigenvalue weighted by atomic mass is 127. The lowest BCUT2D eigenvalue weighted by atomic mass is 10.0. The Morgan fingerprint density at radius 1 is 1.41 bits per heavy atom. The van der Waals surface area contributed by atoms with Gasteiger partial charge in [0.25, 0.3) is 5.91 Å². The lowest BCUT2D eigenvalue weighted by molar-refractivity contribution is 0.0821. The fourth-order valence-corrected chi connectivity index (χ4v) is 4.39. The third-order valence-electron chi connectivity index (χ3n) is 4.72. The molecule has 0 atom stereocenters. The molecule has 3 aromatic rings. The van der Waals surface area contributed by atoms with Gasteiger partial charge in [-0.15, -0.1) is 0 Å². The minimum absolute atomic E-state index is 0.0932. The smallest absolute Gasteiger partial charge is 0.274 e. The Labute approximate surface area is 193 Å². The summed E-state index contributed by atoms with van der Waals surface area (Å²) in [7, 11) is 3.33. The second-order valence-corrected chi connectivity index (χ2v) is 9.14. The number of nitrogens with one attached hydrogen (secondary N) is 1. The van der Waals surface area contributed by atoms with Gasteiger partial charge < -0.3 is 10.2 Å². The number of rotatable bonds is 2. The third kappa shape index (κ3) is 3.64. The Bertz CT molecular complexity index is 1150. The number of carbonyl (C=O) groups is 1. The van der Waals surface area contributed by atoms with Crippen LogP contribution in [0.1, 0.15) is 22.6 Å². The van der Waals surface area contributed by atoms with Gasteiger partial charge in [-0.25, -0.2) is 14.4 Å². The van der Waals surface area contributed by atoms with E-state index in [0.717, 1.165) is 18.7 Å². The summed E-state index contributed by atoms with van der Waals surface area (Å²) in [6, 6.07) is 1.78. The largest absolute Gasteiger partial charge is 0.343 e. The van der Waals surface area contributed by atoms with Gasteiger partial charge in [-0.1, -0.05) is 0 Å². The van der Waals surface area contributed by atoms with Crippen LogP contribution in [-0.2, 0) is 13.1 Å². The van der Waals surface area contributed by atoms with Crippen molar-refractivity contribution in [2.45, 2.75) is 19.5 Å². The number of halogens is 4. The molecule has 3 heterocycles. The average Bonchev–Trinajstić information content (AvgIpc) is 2.87. The first-order valence-electron chi connectivity index (χ1n) is 8.82. The lowest BCUT2D eigenvalue weighted by Gasteiger charge is -2.13.